The summed E-state index contributed by atoms with van der Waals surface area (Å²) >= 11 is 2.40. The molecule has 0 aliphatic rings. The van der Waals surface area contributed by atoms with Gasteiger partial charge in [0.15, 0.2) is 18.3 Å². The van der Waals surface area contributed by atoms with Gasteiger partial charge < -0.3 is 10.1 Å². The first kappa shape index (κ1) is 24.0. The molecule has 0 saturated heterocycles. The van der Waals surface area contributed by atoms with E-state index in [-0.39, 0.29) is 11.5 Å². The Morgan fingerprint density at radius 3 is 2.52 bits per heavy atom. The number of benzene rings is 1. The number of anilines is 1. The lowest BCUT2D eigenvalue weighted by Gasteiger charge is -2.10. The van der Waals surface area contributed by atoms with E-state index in [0.717, 1.165) is 11.1 Å². The zero-order valence-electron chi connectivity index (χ0n) is 18.2. The van der Waals surface area contributed by atoms with Crippen LogP contribution in [0, 0.1) is 18.3 Å². The summed E-state index contributed by atoms with van der Waals surface area (Å²) in [6.07, 6.45) is 1.42. The molecule has 2 heterocycles. The number of aromatic nitrogens is 1. The quantitative estimate of drug-likeness (QED) is 0.355. The maximum Gasteiger partial charge on any atom is 0.342 e. The summed E-state index contributed by atoms with van der Waals surface area (Å²) in [4.78, 5) is 42.1. The van der Waals surface area contributed by atoms with Crippen molar-refractivity contribution in [1.29, 1.82) is 5.26 Å². The van der Waals surface area contributed by atoms with Gasteiger partial charge in [0.2, 0.25) is 5.91 Å². The summed E-state index contributed by atoms with van der Waals surface area (Å²) in [6.45, 7) is 4.77. The molecule has 1 N–H and O–H groups in total. The highest BCUT2D eigenvalue weighted by Crippen LogP contribution is 2.36. The topological polar surface area (TPSA) is 109 Å². The molecule has 3 rings (SSSR count). The Morgan fingerprint density at radius 2 is 1.91 bits per heavy atom. The molecular weight excluding hydrogens is 458 g/mol. The summed E-state index contributed by atoms with van der Waals surface area (Å²) in [5, 5.41) is 16.3. The van der Waals surface area contributed by atoms with Crippen molar-refractivity contribution < 1.29 is 19.1 Å². The number of carbonyl (C=O) groups excluding carboxylic acids is 3. The number of esters is 1. The highest BCUT2D eigenvalue weighted by atomic mass is 32.1. The first-order valence-electron chi connectivity index (χ1n) is 9.94. The van der Waals surface area contributed by atoms with Crippen LogP contribution in [0.4, 0.5) is 5.00 Å². The van der Waals surface area contributed by atoms with Gasteiger partial charge in [-0.1, -0.05) is 35.9 Å². The molecule has 2 aromatic heterocycles. The van der Waals surface area contributed by atoms with Crippen molar-refractivity contribution in [2.75, 3.05) is 11.9 Å². The van der Waals surface area contributed by atoms with Gasteiger partial charge in [-0.25, -0.2) is 9.78 Å². The van der Waals surface area contributed by atoms with E-state index in [4.69, 9.17) is 4.74 Å². The molecule has 1 amide bonds. The van der Waals surface area contributed by atoms with Gasteiger partial charge >= 0.3 is 5.97 Å². The fraction of sp³-hybridized carbons (Fsp3) is 0.208. The standard InChI is InChI=1S/C24H21N3O4S2/c1-14(2)9-20(29)27-23-21(18(13-33-23)16-7-5-4-6-8-16)24(30)31-11-19(28)17(10-25)22-26-15(3)12-32-22/h4-9,12-13,17H,11H2,1-3H3,(H,27,29)/t17-/m1/s1. The number of amides is 1. The molecule has 0 spiro atoms. The number of allylic oxidation sites excluding steroid dienone is 1. The highest BCUT2D eigenvalue weighted by Gasteiger charge is 2.27. The predicted octanol–water partition coefficient (Wildman–Crippen LogP) is 5.12. The Bertz CT molecular complexity index is 1250. The molecule has 9 heteroatoms. The average Bonchev–Trinajstić information content (AvgIpc) is 3.39. The normalized spacial score (nSPS) is 11.2. The van der Waals surface area contributed by atoms with Gasteiger partial charge in [0, 0.05) is 28.1 Å². The van der Waals surface area contributed by atoms with Crippen molar-refractivity contribution in [3.8, 4) is 17.2 Å². The molecular formula is C24H21N3O4S2. The van der Waals surface area contributed by atoms with Crippen LogP contribution in [-0.2, 0) is 14.3 Å². The number of nitrogens with zero attached hydrogens (tertiary/aromatic N) is 2. The smallest absolute Gasteiger partial charge is 0.342 e. The Morgan fingerprint density at radius 1 is 1.18 bits per heavy atom. The summed E-state index contributed by atoms with van der Waals surface area (Å²) in [6, 6.07) is 11.1. The van der Waals surface area contributed by atoms with E-state index in [9.17, 15) is 19.6 Å². The maximum atomic E-state index is 13.1. The van der Waals surface area contributed by atoms with Crippen LogP contribution in [0.2, 0.25) is 0 Å². The van der Waals surface area contributed by atoms with Crippen LogP contribution in [0.5, 0.6) is 0 Å². The first-order chi connectivity index (χ1) is 15.8. The maximum absolute atomic E-state index is 13.1. The van der Waals surface area contributed by atoms with Crippen LogP contribution < -0.4 is 5.32 Å². The molecule has 0 bridgehead atoms. The van der Waals surface area contributed by atoms with E-state index in [1.54, 1.807) is 31.5 Å². The molecule has 0 radical (unpaired) electrons. The largest absolute Gasteiger partial charge is 0.454 e. The van der Waals surface area contributed by atoms with Gasteiger partial charge in [-0.05, 0) is 26.3 Å². The van der Waals surface area contributed by atoms with Crippen molar-refractivity contribution in [2.45, 2.75) is 26.7 Å². The predicted molar refractivity (Wildman–Crippen MR) is 128 cm³/mol. The van der Waals surface area contributed by atoms with Gasteiger partial charge in [0.05, 0.1) is 6.07 Å². The average molecular weight is 480 g/mol. The van der Waals surface area contributed by atoms with E-state index < -0.39 is 24.3 Å². The van der Waals surface area contributed by atoms with Gasteiger partial charge in [0.25, 0.3) is 0 Å². The van der Waals surface area contributed by atoms with Crippen molar-refractivity contribution in [3.63, 3.8) is 0 Å². The third-order valence-corrected chi connectivity index (χ3v) is 6.34. The lowest BCUT2D eigenvalue weighted by atomic mass is 10.0. The fourth-order valence-electron chi connectivity index (χ4n) is 2.95. The van der Waals surface area contributed by atoms with Crippen LogP contribution in [0.3, 0.4) is 0 Å². The van der Waals surface area contributed by atoms with Gasteiger partial charge in [-0.3, -0.25) is 9.59 Å². The molecule has 0 unspecified atom stereocenters. The second kappa shape index (κ2) is 10.8. The number of nitrogens with one attached hydrogen (secondary N) is 1. The van der Waals surface area contributed by atoms with Crippen LogP contribution >= 0.6 is 22.7 Å². The van der Waals surface area contributed by atoms with Gasteiger partial charge in [-0.2, -0.15) is 5.26 Å². The molecule has 0 saturated carbocycles. The minimum absolute atomic E-state index is 0.160. The van der Waals surface area contributed by atoms with E-state index >= 15 is 0 Å². The van der Waals surface area contributed by atoms with E-state index in [1.807, 2.05) is 36.4 Å². The van der Waals surface area contributed by atoms with Crippen LogP contribution in [0.25, 0.3) is 11.1 Å². The number of hydrogen-bond acceptors (Lipinski definition) is 8. The Hall–Kier alpha value is -3.61. The molecule has 1 atom stereocenters. The third-order valence-electron chi connectivity index (χ3n) is 4.42. The molecule has 1 aromatic carbocycles. The van der Waals surface area contributed by atoms with Gasteiger partial charge in [-0.15, -0.1) is 22.7 Å². The zero-order chi connectivity index (χ0) is 24.0. The molecule has 0 aliphatic carbocycles. The number of rotatable bonds is 8. The third kappa shape index (κ3) is 6.00. The van der Waals surface area contributed by atoms with Crippen molar-refractivity contribution in [2.24, 2.45) is 0 Å². The molecule has 3 aromatic rings. The van der Waals surface area contributed by atoms with Crippen molar-refractivity contribution in [3.05, 3.63) is 69.0 Å². The lowest BCUT2D eigenvalue weighted by molar-refractivity contribution is -0.122. The summed E-state index contributed by atoms with van der Waals surface area (Å²) in [5.74, 6) is -2.80. The zero-order valence-corrected chi connectivity index (χ0v) is 19.9. The summed E-state index contributed by atoms with van der Waals surface area (Å²) in [7, 11) is 0. The van der Waals surface area contributed by atoms with Crippen LogP contribution in [0.15, 0.2) is 52.7 Å². The minimum atomic E-state index is -1.11. The summed E-state index contributed by atoms with van der Waals surface area (Å²) in [5.41, 5.74) is 3.03. The number of carbonyl (C=O) groups is 3. The SMILES string of the molecule is CC(C)=CC(=O)Nc1scc(-c2ccccc2)c1C(=O)OCC(=O)[C@@H](C#N)c1nc(C)cs1. The summed E-state index contributed by atoms with van der Waals surface area (Å²) < 4.78 is 5.30. The minimum Gasteiger partial charge on any atom is -0.454 e. The number of thiophene rings is 1. The van der Waals surface area contributed by atoms with Crippen molar-refractivity contribution >= 4 is 45.3 Å². The molecule has 7 nitrogen and oxygen atoms in total. The molecule has 168 valence electrons. The van der Waals surface area contributed by atoms with Crippen LogP contribution in [0.1, 0.15) is 40.8 Å². The monoisotopic (exact) mass is 479 g/mol. The number of Topliss-reactive ketones (excluding diaryl/α,β-unsaturated/α-hetero) is 1. The van der Waals surface area contributed by atoms with E-state index in [2.05, 4.69) is 10.3 Å². The highest BCUT2D eigenvalue weighted by molar-refractivity contribution is 7.15. The number of hydrogen-bond donors (Lipinski definition) is 1. The fourth-order valence-corrected chi connectivity index (χ4v) is 4.78. The number of aryl methyl sites for hydroxylation is 1. The second-order valence-corrected chi connectivity index (χ2v) is 9.13. The number of ether oxygens (including phenoxy) is 1. The number of ketones is 1. The molecule has 33 heavy (non-hydrogen) atoms. The first-order valence-corrected chi connectivity index (χ1v) is 11.7. The van der Waals surface area contributed by atoms with Crippen LogP contribution in [-0.4, -0.2) is 29.3 Å². The second-order valence-electron chi connectivity index (χ2n) is 7.36. The van der Waals surface area contributed by atoms with E-state index in [0.29, 0.717) is 21.3 Å². The molecule has 0 fully saturated rings. The number of nitriles is 1. The number of thiazole rings is 1. The lowest BCUT2D eigenvalue weighted by Crippen LogP contribution is -2.21. The molecule has 0 aliphatic heterocycles. The van der Waals surface area contributed by atoms with Crippen molar-refractivity contribution in [1.82, 2.24) is 4.98 Å². The Kier molecular flexibility index (Phi) is 7.87. The van der Waals surface area contributed by atoms with E-state index in [1.165, 1.54) is 28.7 Å². The Labute approximate surface area is 199 Å². The Balaban J connectivity index is 1.85. The van der Waals surface area contributed by atoms with Gasteiger partial charge in [0.1, 0.15) is 15.6 Å².